The van der Waals surface area contributed by atoms with Crippen molar-refractivity contribution in [2.45, 2.75) is 6.54 Å². The maximum absolute atomic E-state index is 7.43. The summed E-state index contributed by atoms with van der Waals surface area (Å²) in [6.07, 6.45) is 2.57. The predicted octanol–water partition coefficient (Wildman–Crippen LogP) is 1.74. The molecule has 0 saturated carbocycles. The minimum atomic E-state index is 0.000311. The standard InChI is InChI=1S/C14H17ClN6O3/c1-22-9-6-18-8(10(23-2)11(9)24-3)5-19-13-7(4-16)12(15)20-14(17)21-13/h4,6,16H,5H2,1-3H3,(H3,17,19,20,21). The van der Waals surface area contributed by atoms with E-state index in [2.05, 4.69) is 20.3 Å². The molecule has 0 radical (unpaired) electrons. The van der Waals surface area contributed by atoms with E-state index in [0.717, 1.165) is 6.21 Å². The summed E-state index contributed by atoms with van der Waals surface area (Å²) in [5.41, 5.74) is 6.47. The topological polar surface area (TPSA) is 128 Å². The van der Waals surface area contributed by atoms with E-state index in [1.54, 1.807) is 0 Å². The van der Waals surface area contributed by atoms with Crippen molar-refractivity contribution in [2.75, 3.05) is 32.4 Å². The SMILES string of the molecule is COc1cnc(CNc2nc(N)nc(Cl)c2C=N)c(OC)c1OC. The molecule has 0 amide bonds. The number of ether oxygens (including phenoxy) is 3. The Kier molecular flexibility index (Phi) is 5.59. The highest BCUT2D eigenvalue weighted by atomic mass is 35.5. The summed E-state index contributed by atoms with van der Waals surface area (Å²) in [7, 11) is 4.53. The Morgan fingerprint density at radius 2 is 1.92 bits per heavy atom. The van der Waals surface area contributed by atoms with Crippen LogP contribution in [-0.2, 0) is 6.54 Å². The van der Waals surface area contributed by atoms with Crippen LogP contribution in [0.15, 0.2) is 6.20 Å². The molecular weight excluding hydrogens is 336 g/mol. The normalized spacial score (nSPS) is 10.2. The van der Waals surface area contributed by atoms with Gasteiger partial charge in [-0.3, -0.25) is 4.98 Å². The van der Waals surface area contributed by atoms with Crippen LogP contribution in [0.2, 0.25) is 5.15 Å². The zero-order chi connectivity index (χ0) is 17.7. The van der Waals surface area contributed by atoms with Crippen molar-refractivity contribution in [3.8, 4) is 17.2 Å². The molecule has 0 aliphatic carbocycles. The van der Waals surface area contributed by atoms with E-state index in [9.17, 15) is 0 Å². The van der Waals surface area contributed by atoms with Gasteiger partial charge in [-0.05, 0) is 0 Å². The molecule has 0 saturated heterocycles. The number of hydrogen-bond acceptors (Lipinski definition) is 9. The van der Waals surface area contributed by atoms with Crippen molar-refractivity contribution in [3.63, 3.8) is 0 Å². The summed E-state index contributed by atoms with van der Waals surface area (Å²) >= 11 is 5.96. The maximum atomic E-state index is 7.43. The van der Waals surface area contributed by atoms with E-state index >= 15 is 0 Å². The van der Waals surface area contributed by atoms with E-state index in [0.29, 0.717) is 34.3 Å². The summed E-state index contributed by atoms with van der Waals surface area (Å²) in [6.45, 7) is 0.233. The molecule has 0 aromatic carbocycles. The molecule has 0 bridgehead atoms. The van der Waals surface area contributed by atoms with Gasteiger partial charge in [0.15, 0.2) is 11.5 Å². The number of methoxy groups -OCH3 is 3. The summed E-state index contributed by atoms with van der Waals surface area (Å²) in [4.78, 5) is 12.1. The van der Waals surface area contributed by atoms with Crippen LogP contribution >= 0.6 is 11.6 Å². The van der Waals surface area contributed by atoms with Crippen LogP contribution in [0.5, 0.6) is 17.2 Å². The lowest BCUT2D eigenvalue weighted by atomic mass is 10.2. The van der Waals surface area contributed by atoms with E-state index < -0.39 is 0 Å². The monoisotopic (exact) mass is 352 g/mol. The van der Waals surface area contributed by atoms with Gasteiger partial charge in [-0.15, -0.1) is 0 Å². The second kappa shape index (κ2) is 7.64. The first-order chi connectivity index (χ1) is 11.5. The average Bonchev–Trinajstić information content (AvgIpc) is 2.58. The maximum Gasteiger partial charge on any atom is 0.223 e. The average molecular weight is 353 g/mol. The number of aromatic nitrogens is 3. The number of nitrogens with zero attached hydrogens (tertiary/aromatic N) is 3. The van der Waals surface area contributed by atoms with Gasteiger partial charge in [0.25, 0.3) is 0 Å². The van der Waals surface area contributed by atoms with Gasteiger partial charge in [0, 0.05) is 6.21 Å². The number of pyridine rings is 1. The summed E-state index contributed by atoms with van der Waals surface area (Å²) in [6, 6.07) is 0. The number of nitrogens with two attached hydrogens (primary N) is 1. The summed E-state index contributed by atoms with van der Waals surface area (Å²) in [5.74, 6) is 1.63. The van der Waals surface area contributed by atoms with Gasteiger partial charge < -0.3 is 30.7 Å². The van der Waals surface area contributed by atoms with Gasteiger partial charge in [-0.25, -0.2) is 4.98 Å². The number of rotatable bonds is 7. The Morgan fingerprint density at radius 3 is 2.50 bits per heavy atom. The Balaban J connectivity index is 2.35. The van der Waals surface area contributed by atoms with Gasteiger partial charge in [0.05, 0.1) is 39.6 Å². The first-order valence-electron chi connectivity index (χ1n) is 6.76. The molecule has 4 N–H and O–H groups in total. The molecule has 0 fully saturated rings. The fourth-order valence-corrected chi connectivity index (χ4v) is 2.29. The number of nitrogen functional groups attached to an aromatic ring is 1. The van der Waals surface area contributed by atoms with Crippen molar-refractivity contribution < 1.29 is 14.2 Å². The molecule has 128 valence electrons. The number of nitrogens with one attached hydrogen (secondary N) is 2. The Morgan fingerprint density at radius 1 is 1.21 bits per heavy atom. The molecule has 0 aliphatic heterocycles. The zero-order valence-electron chi connectivity index (χ0n) is 13.4. The molecule has 9 nitrogen and oxygen atoms in total. The molecule has 0 unspecified atom stereocenters. The Bertz CT molecular complexity index is 756. The third-order valence-electron chi connectivity index (χ3n) is 3.14. The summed E-state index contributed by atoms with van der Waals surface area (Å²) in [5, 5.41) is 10.5. The molecule has 2 rings (SSSR count). The fraction of sp³-hybridized carbons (Fsp3) is 0.286. The molecule has 24 heavy (non-hydrogen) atoms. The van der Waals surface area contributed by atoms with Crippen LogP contribution in [0.4, 0.5) is 11.8 Å². The zero-order valence-corrected chi connectivity index (χ0v) is 14.1. The molecule has 0 atom stereocenters. The van der Waals surface area contributed by atoms with Gasteiger partial charge >= 0.3 is 0 Å². The minimum Gasteiger partial charge on any atom is -0.491 e. The van der Waals surface area contributed by atoms with Crippen LogP contribution in [0.1, 0.15) is 11.3 Å². The van der Waals surface area contributed by atoms with E-state index in [1.807, 2.05) is 0 Å². The predicted molar refractivity (Wildman–Crippen MR) is 90.6 cm³/mol. The summed E-state index contributed by atoms with van der Waals surface area (Å²) < 4.78 is 15.9. The van der Waals surface area contributed by atoms with Crippen LogP contribution < -0.4 is 25.3 Å². The highest BCUT2D eigenvalue weighted by molar-refractivity contribution is 6.32. The van der Waals surface area contributed by atoms with Crippen molar-refractivity contribution in [1.29, 1.82) is 5.41 Å². The second-order valence-electron chi connectivity index (χ2n) is 4.47. The smallest absolute Gasteiger partial charge is 0.223 e. The van der Waals surface area contributed by atoms with Crippen molar-refractivity contribution in [1.82, 2.24) is 15.0 Å². The number of anilines is 2. The first kappa shape index (κ1) is 17.5. The lowest BCUT2D eigenvalue weighted by Gasteiger charge is -2.16. The van der Waals surface area contributed by atoms with Crippen LogP contribution in [-0.4, -0.2) is 42.5 Å². The van der Waals surface area contributed by atoms with Gasteiger partial charge in [0.2, 0.25) is 11.7 Å². The first-order valence-corrected chi connectivity index (χ1v) is 7.14. The Labute approximate surface area is 143 Å². The molecular formula is C14H17ClN6O3. The molecule has 2 aromatic heterocycles. The largest absolute Gasteiger partial charge is 0.491 e. The lowest BCUT2D eigenvalue weighted by molar-refractivity contribution is 0.319. The lowest BCUT2D eigenvalue weighted by Crippen LogP contribution is -2.11. The molecule has 2 aromatic rings. The molecule has 10 heteroatoms. The van der Waals surface area contributed by atoms with Crippen LogP contribution in [0.3, 0.4) is 0 Å². The van der Waals surface area contributed by atoms with Crippen molar-refractivity contribution in [3.05, 3.63) is 22.6 Å². The van der Waals surface area contributed by atoms with Crippen molar-refractivity contribution >= 4 is 29.6 Å². The van der Waals surface area contributed by atoms with Gasteiger partial charge in [0.1, 0.15) is 16.7 Å². The third kappa shape index (κ3) is 3.40. The number of halogens is 1. The molecule has 0 aliphatic rings. The van der Waals surface area contributed by atoms with Gasteiger partial charge in [-0.2, -0.15) is 4.98 Å². The van der Waals surface area contributed by atoms with Crippen molar-refractivity contribution in [2.24, 2.45) is 0 Å². The number of hydrogen-bond donors (Lipinski definition) is 3. The van der Waals surface area contributed by atoms with E-state index in [-0.39, 0.29) is 17.6 Å². The molecule has 0 spiro atoms. The van der Waals surface area contributed by atoms with Gasteiger partial charge in [-0.1, -0.05) is 11.6 Å². The minimum absolute atomic E-state index is 0.000311. The second-order valence-corrected chi connectivity index (χ2v) is 4.83. The molecule has 2 heterocycles. The fourth-order valence-electron chi connectivity index (χ4n) is 2.06. The van der Waals surface area contributed by atoms with Crippen LogP contribution in [0.25, 0.3) is 0 Å². The Hall–Kier alpha value is -2.81. The van der Waals surface area contributed by atoms with E-state index in [1.165, 1.54) is 27.5 Å². The highest BCUT2D eigenvalue weighted by Gasteiger charge is 2.18. The quantitative estimate of drug-likeness (QED) is 0.507. The third-order valence-corrected chi connectivity index (χ3v) is 3.43. The van der Waals surface area contributed by atoms with Crippen LogP contribution in [0, 0.1) is 5.41 Å². The van der Waals surface area contributed by atoms with E-state index in [4.69, 9.17) is 37.0 Å². The highest BCUT2D eigenvalue weighted by Crippen LogP contribution is 2.38.